The predicted octanol–water partition coefficient (Wildman–Crippen LogP) is 5.04. The molecule has 11 nitrogen and oxygen atoms in total. The Kier molecular flexibility index (Phi) is 10.3. The number of ketones is 1. The van der Waals surface area contributed by atoms with E-state index in [1.807, 2.05) is 6.92 Å². The highest BCUT2D eigenvalue weighted by molar-refractivity contribution is 7.90. The highest BCUT2D eigenvalue weighted by Gasteiger charge is 2.39. The van der Waals surface area contributed by atoms with Crippen LogP contribution in [0, 0.1) is 6.92 Å². The number of alkyl carbamates (subject to hydrolysis) is 1. The van der Waals surface area contributed by atoms with E-state index in [4.69, 9.17) is 14.2 Å². The Bertz CT molecular complexity index is 1840. The first-order valence-corrected chi connectivity index (χ1v) is 15.9. The molecular weight excluding hydrogens is 612 g/mol. The summed E-state index contributed by atoms with van der Waals surface area (Å²) in [7, 11) is -3.07. The van der Waals surface area contributed by atoms with Crippen LogP contribution in [0.4, 0.5) is 4.79 Å². The highest BCUT2D eigenvalue weighted by atomic mass is 32.2. The first kappa shape index (κ1) is 33.9. The van der Waals surface area contributed by atoms with Gasteiger partial charge < -0.3 is 19.5 Å². The van der Waals surface area contributed by atoms with E-state index in [1.54, 1.807) is 87.5 Å². The molecule has 0 saturated carbocycles. The first-order chi connectivity index (χ1) is 21.7. The number of nitrogens with one attached hydrogen (secondary N) is 1. The molecule has 0 aliphatic rings. The summed E-state index contributed by atoms with van der Waals surface area (Å²) in [6.45, 7) is 6.61. The van der Waals surface area contributed by atoms with E-state index in [0.717, 1.165) is 16.6 Å². The number of fused-ring (bicyclic) bond motifs is 1. The van der Waals surface area contributed by atoms with Crippen molar-refractivity contribution >= 4 is 44.7 Å². The van der Waals surface area contributed by atoms with Crippen LogP contribution < -0.4 is 5.32 Å². The van der Waals surface area contributed by atoms with Crippen molar-refractivity contribution in [3.05, 3.63) is 102 Å². The largest absolute Gasteiger partial charge is 0.467 e. The Morgan fingerprint density at radius 3 is 2.13 bits per heavy atom. The number of hydrogen-bond donors (Lipinski definition) is 1. The normalized spacial score (nSPS) is 13.0. The van der Waals surface area contributed by atoms with Gasteiger partial charge in [0.1, 0.15) is 24.2 Å². The molecule has 1 heterocycles. The SMILES string of the molecule is COC(=O)[C@H](CC(=O)C(C(=O)OC(C)(C)C)c1cn(S(=O)(=O)c2ccc(C)cc2)c2ccccc12)NC(=O)OCc1ccccc1. The van der Waals surface area contributed by atoms with Gasteiger partial charge in [-0.3, -0.25) is 9.59 Å². The van der Waals surface area contributed by atoms with Gasteiger partial charge in [-0.25, -0.2) is 22.0 Å². The van der Waals surface area contributed by atoms with Crippen molar-refractivity contribution in [3.8, 4) is 0 Å². The summed E-state index contributed by atoms with van der Waals surface area (Å²) in [5.74, 6) is -4.38. The van der Waals surface area contributed by atoms with Crippen LogP contribution in [0.5, 0.6) is 0 Å². The number of aryl methyl sites for hydroxylation is 1. The Balaban J connectivity index is 1.72. The van der Waals surface area contributed by atoms with E-state index in [-0.39, 0.29) is 22.6 Å². The minimum absolute atomic E-state index is 0.00881. The van der Waals surface area contributed by atoms with Crippen LogP contribution in [-0.2, 0) is 45.2 Å². The molecule has 0 aliphatic carbocycles. The summed E-state index contributed by atoms with van der Waals surface area (Å²) in [4.78, 5) is 53.0. The van der Waals surface area contributed by atoms with Gasteiger partial charge in [0.25, 0.3) is 10.0 Å². The van der Waals surface area contributed by atoms with Gasteiger partial charge in [-0.2, -0.15) is 0 Å². The standard InChI is InChI=1S/C34H36N2O9S/c1-22-15-17-24(18-16-22)46(41,42)36-20-26(25-13-9-10-14-28(25)36)30(32(39)45-34(2,3)4)29(37)19-27(31(38)43-5)35-33(40)44-21-23-11-7-6-8-12-23/h6-18,20,27,30H,19,21H2,1-5H3,(H,35,40)/t27-,30?/m0/s1. The zero-order valence-electron chi connectivity index (χ0n) is 26.2. The lowest BCUT2D eigenvalue weighted by molar-refractivity contribution is -0.159. The van der Waals surface area contributed by atoms with E-state index in [9.17, 15) is 27.6 Å². The maximum Gasteiger partial charge on any atom is 0.408 e. The Morgan fingerprint density at radius 2 is 1.50 bits per heavy atom. The highest BCUT2D eigenvalue weighted by Crippen LogP contribution is 2.34. The molecule has 1 amide bonds. The van der Waals surface area contributed by atoms with Crippen LogP contribution in [0.1, 0.15) is 49.8 Å². The molecule has 1 aromatic heterocycles. The number of benzene rings is 3. The molecule has 3 aromatic carbocycles. The molecule has 1 unspecified atom stereocenters. The topological polar surface area (TPSA) is 147 Å². The number of Topliss-reactive ketones (excluding diaryl/α,β-unsaturated/α-hetero) is 1. The zero-order chi connectivity index (χ0) is 33.6. The number of methoxy groups -OCH3 is 1. The van der Waals surface area contributed by atoms with E-state index in [1.165, 1.54) is 18.3 Å². The van der Waals surface area contributed by atoms with E-state index in [0.29, 0.717) is 10.9 Å². The molecule has 0 saturated heterocycles. The predicted molar refractivity (Wildman–Crippen MR) is 169 cm³/mol. The lowest BCUT2D eigenvalue weighted by atomic mass is 9.90. The summed E-state index contributed by atoms with van der Waals surface area (Å²) < 4.78 is 44.2. The second-order valence-electron chi connectivity index (χ2n) is 11.6. The molecule has 46 heavy (non-hydrogen) atoms. The Hall–Kier alpha value is -4.97. The summed E-state index contributed by atoms with van der Waals surface area (Å²) >= 11 is 0. The molecule has 242 valence electrons. The van der Waals surface area contributed by atoms with E-state index in [2.05, 4.69) is 5.32 Å². The monoisotopic (exact) mass is 648 g/mol. The lowest BCUT2D eigenvalue weighted by Crippen LogP contribution is -2.44. The van der Waals surface area contributed by atoms with Crippen LogP contribution in [0.3, 0.4) is 0 Å². The number of carbonyl (C=O) groups is 4. The van der Waals surface area contributed by atoms with Crippen LogP contribution in [0.15, 0.2) is 90.0 Å². The van der Waals surface area contributed by atoms with E-state index >= 15 is 0 Å². The molecule has 1 N–H and O–H groups in total. The van der Waals surface area contributed by atoms with Gasteiger partial charge in [0, 0.05) is 23.6 Å². The van der Waals surface area contributed by atoms with Crippen molar-refractivity contribution in [2.45, 2.75) is 63.2 Å². The molecule has 0 radical (unpaired) electrons. The van der Waals surface area contributed by atoms with Gasteiger partial charge in [0.15, 0.2) is 5.78 Å². The third kappa shape index (κ3) is 7.99. The lowest BCUT2D eigenvalue weighted by Gasteiger charge is -2.24. The average molecular weight is 649 g/mol. The van der Waals surface area contributed by atoms with E-state index < -0.39 is 57.8 Å². The third-order valence-electron chi connectivity index (χ3n) is 6.96. The van der Waals surface area contributed by atoms with Gasteiger partial charge in [-0.15, -0.1) is 0 Å². The first-order valence-electron chi connectivity index (χ1n) is 14.4. The number of ether oxygens (including phenoxy) is 3. The summed E-state index contributed by atoms with van der Waals surface area (Å²) in [6.07, 6.45) is -0.441. The van der Waals surface area contributed by atoms with Crippen molar-refractivity contribution in [3.63, 3.8) is 0 Å². The van der Waals surface area contributed by atoms with Crippen molar-refractivity contribution in [2.75, 3.05) is 7.11 Å². The fourth-order valence-corrected chi connectivity index (χ4v) is 6.16. The van der Waals surface area contributed by atoms with Gasteiger partial charge in [0.2, 0.25) is 0 Å². The van der Waals surface area contributed by atoms with Gasteiger partial charge in [-0.1, -0.05) is 66.2 Å². The minimum atomic E-state index is -4.16. The van der Waals surface area contributed by atoms with Crippen molar-refractivity contribution in [2.24, 2.45) is 0 Å². The number of aromatic nitrogens is 1. The molecule has 4 rings (SSSR count). The van der Waals surface area contributed by atoms with Crippen molar-refractivity contribution < 1.29 is 41.8 Å². The Morgan fingerprint density at radius 1 is 0.870 bits per heavy atom. The minimum Gasteiger partial charge on any atom is -0.467 e. The van der Waals surface area contributed by atoms with Crippen molar-refractivity contribution in [1.29, 1.82) is 0 Å². The number of hydrogen-bond acceptors (Lipinski definition) is 9. The molecule has 0 bridgehead atoms. The molecule has 0 spiro atoms. The molecule has 2 atom stereocenters. The number of rotatable bonds is 11. The number of nitrogens with zero attached hydrogens (tertiary/aromatic N) is 1. The van der Waals surface area contributed by atoms with Gasteiger partial charge in [-0.05, 0) is 51.5 Å². The van der Waals surface area contributed by atoms with Crippen LogP contribution in [0.25, 0.3) is 10.9 Å². The summed E-state index contributed by atoms with van der Waals surface area (Å²) in [6, 6.07) is 20.0. The van der Waals surface area contributed by atoms with Crippen LogP contribution >= 0.6 is 0 Å². The zero-order valence-corrected chi connectivity index (χ0v) is 27.0. The quantitative estimate of drug-likeness (QED) is 0.134. The molecule has 0 aliphatic heterocycles. The third-order valence-corrected chi connectivity index (χ3v) is 8.65. The van der Waals surface area contributed by atoms with Crippen LogP contribution in [0.2, 0.25) is 0 Å². The summed E-state index contributed by atoms with van der Waals surface area (Å²) in [5.41, 5.74) is 0.839. The maximum atomic E-state index is 14.0. The fourth-order valence-electron chi connectivity index (χ4n) is 4.78. The van der Waals surface area contributed by atoms with Gasteiger partial charge in [0.05, 0.1) is 17.5 Å². The van der Waals surface area contributed by atoms with Crippen LogP contribution in [-0.4, -0.2) is 55.0 Å². The second-order valence-corrected chi connectivity index (χ2v) is 13.4. The smallest absolute Gasteiger partial charge is 0.408 e. The maximum absolute atomic E-state index is 14.0. The number of esters is 2. The Labute approximate surface area is 267 Å². The second kappa shape index (κ2) is 14.0. The fraction of sp³-hybridized carbons (Fsp3) is 0.294. The molecule has 0 fully saturated rings. The molecule has 12 heteroatoms. The molecular formula is C34H36N2O9S. The number of amides is 1. The van der Waals surface area contributed by atoms with Crippen molar-refractivity contribution in [1.82, 2.24) is 9.29 Å². The number of para-hydroxylation sites is 1. The average Bonchev–Trinajstić information content (AvgIpc) is 3.39. The van der Waals surface area contributed by atoms with Gasteiger partial charge >= 0.3 is 18.0 Å². The number of carbonyl (C=O) groups excluding carboxylic acids is 4. The summed E-state index contributed by atoms with van der Waals surface area (Å²) in [5, 5.41) is 2.66. The molecule has 4 aromatic rings.